The first-order chi connectivity index (χ1) is 7.66. The molecule has 0 aliphatic heterocycles. The van der Waals surface area contributed by atoms with Crippen LogP contribution in [-0.4, -0.2) is 4.98 Å². The number of aromatic nitrogens is 1. The molecule has 0 amide bonds. The van der Waals surface area contributed by atoms with Gasteiger partial charge in [0.15, 0.2) is 11.6 Å². The summed E-state index contributed by atoms with van der Waals surface area (Å²) < 4.78 is 26.2. The Morgan fingerprint density at radius 3 is 2.75 bits per heavy atom. The smallest absolute Gasteiger partial charge is 0.182 e. The Morgan fingerprint density at radius 1 is 1.19 bits per heavy atom. The Labute approximate surface area is 92.0 Å². The average molecular weight is 220 g/mol. The zero-order valence-electron chi connectivity index (χ0n) is 8.67. The van der Waals surface area contributed by atoms with Crippen LogP contribution in [0.1, 0.15) is 5.56 Å². The first kappa shape index (κ1) is 10.5. The Morgan fingerprint density at radius 2 is 2.00 bits per heavy atom. The lowest BCUT2D eigenvalue weighted by molar-refractivity contribution is 0.511. The van der Waals surface area contributed by atoms with Crippen LogP contribution in [-0.2, 0) is 0 Å². The van der Waals surface area contributed by atoms with Crippen molar-refractivity contribution < 1.29 is 8.78 Å². The fourth-order valence-corrected chi connectivity index (χ4v) is 1.34. The number of hydrogen-bond acceptors (Lipinski definition) is 2. The first-order valence-electron chi connectivity index (χ1n) is 4.80. The fraction of sp³-hybridized carbons (Fsp3) is 0.0833. The van der Waals surface area contributed by atoms with Gasteiger partial charge in [-0.15, -0.1) is 0 Å². The maximum atomic E-state index is 13.3. The maximum Gasteiger partial charge on any atom is 0.182 e. The van der Waals surface area contributed by atoms with Crippen LogP contribution in [0.2, 0.25) is 0 Å². The van der Waals surface area contributed by atoms with Crippen LogP contribution in [0.25, 0.3) is 0 Å². The number of anilines is 2. The van der Waals surface area contributed by atoms with Crippen LogP contribution in [0.15, 0.2) is 36.5 Å². The van der Waals surface area contributed by atoms with E-state index in [1.54, 1.807) is 12.3 Å². The molecule has 0 atom stereocenters. The molecule has 0 saturated carbocycles. The number of rotatable bonds is 2. The van der Waals surface area contributed by atoms with E-state index in [4.69, 9.17) is 0 Å². The van der Waals surface area contributed by atoms with Crippen molar-refractivity contribution in [2.45, 2.75) is 6.92 Å². The summed E-state index contributed by atoms with van der Waals surface area (Å²) in [6.07, 6.45) is 1.61. The van der Waals surface area contributed by atoms with Gasteiger partial charge in [0.1, 0.15) is 5.82 Å². The lowest BCUT2D eigenvalue weighted by Crippen LogP contribution is -1.98. The SMILES string of the molecule is Cc1ccnc(Nc2cccc(F)c2F)c1. The second-order valence-electron chi connectivity index (χ2n) is 3.44. The molecule has 82 valence electrons. The minimum atomic E-state index is -0.897. The maximum absolute atomic E-state index is 13.3. The van der Waals surface area contributed by atoms with E-state index in [0.29, 0.717) is 5.82 Å². The molecule has 2 aromatic rings. The molecule has 1 aromatic heterocycles. The van der Waals surface area contributed by atoms with Gasteiger partial charge in [0.05, 0.1) is 5.69 Å². The Kier molecular flexibility index (Phi) is 2.81. The highest BCUT2D eigenvalue weighted by atomic mass is 19.2. The monoisotopic (exact) mass is 220 g/mol. The molecule has 0 radical (unpaired) electrons. The Hall–Kier alpha value is -1.97. The van der Waals surface area contributed by atoms with Crippen molar-refractivity contribution in [3.63, 3.8) is 0 Å². The highest BCUT2D eigenvalue weighted by Crippen LogP contribution is 2.20. The van der Waals surface area contributed by atoms with Crippen molar-refractivity contribution in [1.29, 1.82) is 0 Å². The molecule has 1 aromatic carbocycles. The molecule has 0 aliphatic carbocycles. The quantitative estimate of drug-likeness (QED) is 0.838. The molecule has 0 saturated heterocycles. The van der Waals surface area contributed by atoms with Crippen LogP contribution in [0, 0.1) is 18.6 Å². The van der Waals surface area contributed by atoms with Crippen molar-refractivity contribution in [2.24, 2.45) is 0 Å². The van der Waals surface area contributed by atoms with Gasteiger partial charge in [0.2, 0.25) is 0 Å². The highest BCUT2D eigenvalue weighted by molar-refractivity contribution is 5.57. The van der Waals surface area contributed by atoms with Crippen LogP contribution in [0.5, 0.6) is 0 Å². The minimum Gasteiger partial charge on any atom is -0.338 e. The number of nitrogens with zero attached hydrogens (tertiary/aromatic N) is 1. The minimum absolute atomic E-state index is 0.0816. The van der Waals surface area contributed by atoms with Crippen LogP contribution in [0.4, 0.5) is 20.3 Å². The van der Waals surface area contributed by atoms with Gasteiger partial charge in [-0.25, -0.2) is 13.8 Å². The third-order valence-corrected chi connectivity index (χ3v) is 2.13. The molecule has 1 heterocycles. The van der Waals surface area contributed by atoms with E-state index in [9.17, 15) is 8.78 Å². The number of hydrogen-bond donors (Lipinski definition) is 1. The third-order valence-electron chi connectivity index (χ3n) is 2.13. The summed E-state index contributed by atoms with van der Waals surface area (Å²) >= 11 is 0. The van der Waals surface area contributed by atoms with Gasteiger partial charge in [0, 0.05) is 6.20 Å². The standard InChI is InChI=1S/C12H10F2N2/c1-8-5-6-15-11(7-8)16-10-4-2-3-9(13)12(10)14/h2-7H,1H3,(H,15,16). The number of nitrogens with one attached hydrogen (secondary N) is 1. The number of aryl methyl sites for hydroxylation is 1. The molecule has 2 nitrogen and oxygen atoms in total. The number of pyridine rings is 1. The van der Waals surface area contributed by atoms with Crippen molar-refractivity contribution in [1.82, 2.24) is 4.98 Å². The van der Waals surface area contributed by atoms with E-state index in [1.807, 2.05) is 13.0 Å². The summed E-state index contributed by atoms with van der Waals surface area (Å²) in [5.74, 6) is -1.28. The summed E-state index contributed by atoms with van der Waals surface area (Å²) in [5.41, 5.74) is 1.08. The normalized spacial score (nSPS) is 10.2. The predicted octanol–water partition coefficient (Wildman–Crippen LogP) is 3.41. The van der Waals surface area contributed by atoms with E-state index in [-0.39, 0.29) is 5.69 Å². The lowest BCUT2D eigenvalue weighted by atomic mass is 10.2. The zero-order valence-corrected chi connectivity index (χ0v) is 8.67. The number of halogens is 2. The Bertz CT molecular complexity index is 512. The molecule has 0 fully saturated rings. The summed E-state index contributed by atoms with van der Waals surface area (Å²) in [7, 11) is 0. The van der Waals surface area contributed by atoms with E-state index >= 15 is 0 Å². The van der Waals surface area contributed by atoms with E-state index in [1.165, 1.54) is 12.1 Å². The molecule has 16 heavy (non-hydrogen) atoms. The Balaban J connectivity index is 2.31. The van der Waals surface area contributed by atoms with Gasteiger partial charge in [0.25, 0.3) is 0 Å². The first-order valence-corrected chi connectivity index (χ1v) is 4.80. The fourth-order valence-electron chi connectivity index (χ4n) is 1.34. The molecular formula is C12H10F2N2. The van der Waals surface area contributed by atoms with Gasteiger partial charge in [-0.3, -0.25) is 0 Å². The van der Waals surface area contributed by atoms with E-state index < -0.39 is 11.6 Å². The largest absolute Gasteiger partial charge is 0.338 e. The second kappa shape index (κ2) is 4.26. The summed E-state index contributed by atoms with van der Waals surface area (Å²) in [4.78, 5) is 4.01. The highest BCUT2D eigenvalue weighted by Gasteiger charge is 2.07. The van der Waals surface area contributed by atoms with Crippen LogP contribution >= 0.6 is 0 Å². The van der Waals surface area contributed by atoms with E-state index in [2.05, 4.69) is 10.3 Å². The van der Waals surface area contributed by atoms with Crippen molar-refractivity contribution in [3.05, 3.63) is 53.7 Å². The number of benzene rings is 1. The lowest BCUT2D eigenvalue weighted by Gasteiger charge is -2.07. The zero-order chi connectivity index (χ0) is 11.5. The molecule has 0 unspecified atom stereocenters. The molecular weight excluding hydrogens is 210 g/mol. The molecule has 2 rings (SSSR count). The molecule has 0 bridgehead atoms. The summed E-state index contributed by atoms with van der Waals surface area (Å²) in [6, 6.07) is 7.56. The van der Waals surface area contributed by atoms with Gasteiger partial charge < -0.3 is 5.32 Å². The summed E-state index contributed by atoms with van der Waals surface area (Å²) in [5, 5.41) is 2.73. The van der Waals surface area contributed by atoms with Crippen LogP contribution < -0.4 is 5.32 Å². The topological polar surface area (TPSA) is 24.9 Å². The van der Waals surface area contributed by atoms with Crippen LogP contribution in [0.3, 0.4) is 0 Å². The van der Waals surface area contributed by atoms with Crippen molar-refractivity contribution in [3.8, 4) is 0 Å². The predicted molar refractivity (Wildman–Crippen MR) is 58.6 cm³/mol. The van der Waals surface area contributed by atoms with Gasteiger partial charge >= 0.3 is 0 Å². The third kappa shape index (κ3) is 2.16. The summed E-state index contributed by atoms with van der Waals surface area (Å²) in [6.45, 7) is 1.90. The van der Waals surface area contributed by atoms with Crippen molar-refractivity contribution >= 4 is 11.5 Å². The second-order valence-corrected chi connectivity index (χ2v) is 3.44. The molecule has 1 N–H and O–H groups in total. The van der Waals surface area contributed by atoms with E-state index in [0.717, 1.165) is 11.6 Å². The average Bonchev–Trinajstić information content (AvgIpc) is 2.25. The van der Waals surface area contributed by atoms with Gasteiger partial charge in [-0.2, -0.15) is 0 Å². The van der Waals surface area contributed by atoms with Gasteiger partial charge in [-0.05, 0) is 36.8 Å². The molecule has 4 heteroatoms. The molecule has 0 aliphatic rings. The van der Waals surface area contributed by atoms with Crippen molar-refractivity contribution in [2.75, 3.05) is 5.32 Å². The molecule has 0 spiro atoms. The van der Waals surface area contributed by atoms with Gasteiger partial charge in [-0.1, -0.05) is 6.07 Å².